The van der Waals surface area contributed by atoms with Crippen LogP contribution in [0, 0.1) is 6.92 Å². The van der Waals surface area contributed by atoms with Gasteiger partial charge in [-0.15, -0.1) is 0 Å². The van der Waals surface area contributed by atoms with Gasteiger partial charge in [0.2, 0.25) is 0 Å². The zero-order valence-electron chi connectivity index (χ0n) is 13.8. The Hall–Kier alpha value is -2.22. The van der Waals surface area contributed by atoms with Crippen LogP contribution in [0.5, 0.6) is 0 Å². The minimum atomic E-state index is 0.290. The highest BCUT2D eigenvalue weighted by atomic mass is 16.3. The molecule has 1 fully saturated rings. The van der Waals surface area contributed by atoms with E-state index in [9.17, 15) is 5.11 Å². The average molecular weight is 307 g/mol. The summed E-state index contributed by atoms with van der Waals surface area (Å²) in [5.74, 6) is 0.290. The minimum Gasteiger partial charge on any atom is -0.513 e. The van der Waals surface area contributed by atoms with Crippen LogP contribution < -0.4 is 4.90 Å². The first-order valence-corrected chi connectivity index (χ1v) is 8.40. The number of benzene rings is 2. The summed E-state index contributed by atoms with van der Waals surface area (Å²) in [7, 11) is 0. The van der Waals surface area contributed by atoms with Crippen LogP contribution in [0.15, 0.2) is 60.9 Å². The number of aliphatic hydroxyl groups excluding tert-OH is 1. The van der Waals surface area contributed by atoms with Crippen LogP contribution in [0.1, 0.15) is 36.0 Å². The molecule has 0 saturated carbocycles. The third-order valence-corrected chi connectivity index (χ3v) is 4.65. The standard InChI is InChI=1S/C21H25NO/c1-16-5-7-18(8-6-16)15-19-9-11-20(12-10-19)22-13-3-4-21(22)14-17(2)23/h5-12,21,23H,2-4,13-15H2,1H3. The fourth-order valence-corrected chi connectivity index (χ4v) is 3.41. The van der Waals surface area contributed by atoms with E-state index in [1.54, 1.807) is 0 Å². The number of anilines is 1. The first-order chi connectivity index (χ1) is 11.1. The number of aryl methyl sites for hydroxylation is 1. The molecule has 0 radical (unpaired) electrons. The first-order valence-electron chi connectivity index (χ1n) is 8.40. The van der Waals surface area contributed by atoms with Crippen molar-refractivity contribution in [3.8, 4) is 0 Å². The maximum Gasteiger partial charge on any atom is 0.0871 e. The molecule has 2 aromatic rings. The molecule has 0 amide bonds. The van der Waals surface area contributed by atoms with Gasteiger partial charge in [-0.1, -0.05) is 48.5 Å². The topological polar surface area (TPSA) is 23.5 Å². The van der Waals surface area contributed by atoms with Crippen LogP contribution in [-0.4, -0.2) is 17.7 Å². The summed E-state index contributed by atoms with van der Waals surface area (Å²) in [5, 5.41) is 9.48. The predicted molar refractivity (Wildman–Crippen MR) is 97.2 cm³/mol. The summed E-state index contributed by atoms with van der Waals surface area (Å²) in [6.45, 7) is 6.82. The number of aliphatic hydroxyl groups is 1. The number of rotatable bonds is 5. The fourth-order valence-electron chi connectivity index (χ4n) is 3.41. The van der Waals surface area contributed by atoms with Crippen LogP contribution in [0.3, 0.4) is 0 Å². The lowest BCUT2D eigenvalue weighted by molar-refractivity contribution is 0.376. The van der Waals surface area contributed by atoms with E-state index in [1.165, 1.54) is 28.8 Å². The zero-order chi connectivity index (χ0) is 16.2. The highest BCUT2D eigenvalue weighted by molar-refractivity contribution is 5.50. The van der Waals surface area contributed by atoms with Gasteiger partial charge in [0.25, 0.3) is 0 Å². The second-order valence-electron chi connectivity index (χ2n) is 6.59. The molecule has 0 aliphatic carbocycles. The van der Waals surface area contributed by atoms with Gasteiger partial charge >= 0.3 is 0 Å². The van der Waals surface area contributed by atoms with Gasteiger partial charge in [0.1, 0.15) is 0 Å². The molecule has 0 bridgehead atoms. The van der Waals surface area contributed by atoms with E-state index in [0.717, 1.165) is 19.4 Å². The summed E-state index contributed by atoms with van der Waals surface area (Å²) in [4.78, 5) is 2.40. The van der Waals surface area contributed by atoms with E-state index >= 15 is 0 Å². The molecule has 1 unspecified atom stereocenters. The molecule has 1 atom stereocenters. The van der Waals surface area contributed by atoms with Crippen molar-refractivity contribution < 1.29 is 5.11 Å². The molecule has 23 heavy (non-hydrogen) atoms. The number of hydrogen-bond acceptors (Lipinski definition) is 2. The van der Waals surface area contributed by atoms with Crippen LogP contribution in [0.4, 0.5) is 5.69 Å². The van der Waals surface area contributed by atoms with Crippen molar-refractivity contribution in [2.45, 2.75) is 38.6 Å². The molecule has 3 rings (SSSR count). The van der Waals surface area contributed by atoms with E-state index in [0.29, 0.717) is 12.5 Å². The van der Waals surface area contributed by atoms with Gasteiger partial charge in [0, 0.05) is 24.7 Å². The van der Waals surface area contributed by atoms with Gasteiger partial charge in [-0.3, -0.25) is 0 Å². The highest BCUT2D eigenvalue weighted by Gasteiger charge is 2.25. The summed E-state index contributed by atoms with van der Waals surface area (Å²) in [6.07, 6.45) is 3.95. The van der Waals surface area contributed by atoms with Gasteiger partial charge in [-0.2, -0.15) is 0 Å². The molecule has 1 aliphatic rings. The van der Waals surface area contributed by atoms with Gasteiger partial charge in [-0.25, -0.2) is 0 Å². The minimum absolute atomic E-state index is 0.290. The Morgan fingerprint density at radius 1 is 1.09 bits per heavy atom. The van der Waals surface area contributed by atoms with Crippen molar-refractivity contribution in [3.63, 3.8) is 0 Å². The van der Waals surface area contributed by atoms with Gasteiger partial charge in [-0.05, 0) is 49.4 Å². The van der Waals surface area contributed by atoms with Crippen molar-refractivity contribution in [1.29, 1.82) is 0 Å². The molecule has 0 aromatic heterocycles. The molecule has 0 spiro atoms. The quantitative estimate of drug-likeness (QED) is 0.784. The van der Waals surface area contributed by atoms with Crippen molar-refractivity contribution in [1.82, 2.24) is 0 Å². The largest absolute Gasteiger partial charge is 0.513 e. The van der Waals surface area contributed by atoms with Crippen LogP contribution in [0.2, 0.25) is 0 Å². The summed E-state index contributed by atoms with van der Waals surface area (Å²) in [6, 6.07) is 18.0. The Morgan fingerprint density at radius 3 is 2.30 bits per heavy atom. The Bertz CT molecular complexity index is 657. The maximum atomic E-state index is 9.48. The first kappa shape index (κ1) is 15.7. The van der Waals surface area contributed by atoms with E-state index in [1.807, 2.05) is 0 Å². The molecular formula is C21H25NO. The van der Waals surface area contributed by atoms with Gasteiger partial charge in [0.15, 0.2) is 0 Å². The van der Waals surface area contributed by atoms with E-state index in [-0.39, 0.29) is 5.76 Å². The average Bonchev–Trinajstić information content (AvgIpc) is 2.98. The Morgan fingerprint density at radius 2 is 1.70 bits per heavy atom. The smallest absolute Gasteiger partial charge is 0.0871 e. The van der Waals surface area contributed by atoms with Gasteiger partial charge in [0.05, 0.1) is 5.76 Å². The van der Waals surface area contributed by atoms with Crippen molar-refractivity contribution in [2.24, 2.45) is 0 Å². The van der Waals surface area contributed by atoms with Gasteiger partial charge < -0.3 is 10.0 Å². The number of nitrogens with zero attached hydrogens (tertiary/aromatic N) is 1. The molecule has 1 heterocycles. The SMILES string of the molecule is C=C(O)CC1CCCN1c1ccc(Cc2ccc(C)cc2)cc1. The molecule has 1 aliphatic heterocycles. The Balaban J connectivity index is 1.69. The molecule has 1 N–H and O–H groups in total. The molecular weight excluding hydrogens is 282 g/mol. The lowest BCUT2D eigenvalue weighted by Crippen LogP contribution is -2.29. The second kappa shape index (κ2) is 6.91. The van der Waals surface area contributed by atoms with E-state index < -0.39 is 0 Å². The third kappa shape index (κ3) is 3.95. The predicted octanol–water partition coefficient (Wildman–Crippen LogP) is 5.02. The highest BCUT2D eigenvalue weighted by Crippen LogP contribution is 2.29. The third-order valence-electron chi connectivity index (χ3n) is 4.65. The van der Waals surface area contributed by atoms with Crippen LogP contribution in [-0.2, 0) is 6.42 Å². The Labute approximate surface area is 139 Å². The van der Waals surface area contributed by atoms with E-state index in [4.69, 9.17) is 0 Å². The van der Waals surface area contributed by atoms with Crippen LogP contribution >= 0.6 is 0 Å². The van der Waals surface area contributed by atoms with E-state index in [2.05, 4.69) is 66.9 Å². The normalized spacial score (nSPS) is 17.4. The molecule has 120 valence electrons. The van der Waals surface area contributed by atoms with Crippen molar-refractivity contribution in [2.75, 3.05) is 11.4 Å². The molecule has 2 heteroatoms. The van der Waals surface area contributed by atoms with Crippen molar-refractivity contribution in [3.05, 3.63) is 77.6 Å². The Kier molecular flexibility index (Phi) is 4.71. The number of hydrogen-bond donors (Lipinski definition) is 1. The second-order valence-corrected chi connectivity index (χ2v) is 6.59. The summed E-state index contributed by atoms with van der Waals surface area (Å²) in [5.41, 5.74) is 5.23. The summed E-state index contributed by atoms with van der Waals surface area (Å²) < 4.78 is 0. The fraction of sp³-hybridized carbons (Fsp3) is 0.333. The lowest BCUT2D eigenvalue weighted by atomic mass is 10.0. The molecule has 1 saturated heterocycles. The van der Waals surface area contributed by atoms with Crippen LogP contribution in [0.25, 0.3) is 0 Å². The zero-order valence-corrected chi connectivity index (χ0v) is 13.8. The maximum absolute atomic E-state index is 9.48. The monoisotopic (exact) mass is 307 g/mol. The summed E-state index contributed by atoms with van der Waals surface area (Å²) >= 11 is 0. The lowest BCUT2D eigenvalue weighted by Gasteiger charge is -2.26. The molecule has 2 aromatic carbocycles. The molecule has 2 nitrogen and oxygen atoms in total. The van der Waals surface area contributed by atoms with Crippen molar-refractivity contribution >= 4 is 5.69 Å².